The van der Waals surface area contributed by atoms with E-state index in [-0.39, 0.29) is 42.7 Å². The molecule has 7 nitrogen and oxygen atoms in total. The molecule has 3 atom stereocenters. The van der Waals surface area contributed by atoms with Crippen LogP contribution in [0.3, 0.4) is 0 Å². The Morgan fingerprint density at radius 1 is 1.03 bits per heavy atom. The smallest absolute Gasteiger partial charge is 0.407 e. The molecule has 0 bridgehead atoms. The van der Waals surface area contributed by atoms with Crippen molar-refractivity contribution in [2.24, 2.45) is 11.8 Å². The fraction of sp³-hybridized carbons (Fsp3) is 0.464. The molecule has 2 aliphatic carbocycles. The lowest BCUT2D eigenvalue weighted by atomic mass is 9.94. The van der Waals surface area contributed by atoms with Crippen LogP contribution in [0.4, 0.5) is 4.79 Å². The second-order valence-electron chi connectivity index (χ2n) is 9.60. The largest absolute Gasteiger partial charge is 0.481 e. The lowest BCUT2D eigenvalue weighted by Gasteiger charge is -2.23. The van der Waals surface area contributed by atoms with Crippen LogP contribution >= 0.6 is 0 Å². The summed E-state index contributed by atoms with van der Waals surface area (Å²) in [5.41, 5.74) is 4.69. The van der Waals surface area contributed by atoms with Crippen molar-refractivity contribution in [1.29, 1.82) is 0 Å². The third-order valence-corrected chi connectivity index (χ3v) is 7.25. The number of hydrogen-bond acceptors (Lipinski definition) is 4. The van der Waals surface area contributed by atoms with Crippen LogP contribution in [0.15, 0.2) is 48.5 Å². The number of carbonyl (C=O) groups excluding carboxylic acids is 2. The number of benzene rings is 2. The molecule has 2 aromatic rings. The zero-order valence-corrected chi connectivity index (χ0v) is 20.2. The molecule has 35 heavy (non-hydrogen) atoms. The van der Waals surface area contributed by atoms with E-state index in [2.05, 4.69) is 34.9 Å². The molecule has 2 aromatic carbocycles. The van der Waals surface area contributed by atoms with Crippen LogP contribution < -0.4 is 10.6 Å². The quantitative estimate of drug-likeness (QED) is 0.459. The molecule has 2 amide bonds. The minimum atomic E-state index is -0.913. The van der Waals surface area contributed by atoms with E-state index in [1.807, 2.05) is 31.2 Å². The average Bonchev–Trinajstić information content (AvgIpc) is 3.44. The Balaban J connectivity index is 1.29. The van der Waals surface area contributed by atoms with Gasteiger partial charge in [-0.1, -0.05) is 68.3 Å². The van der Waals surface area contributed by atoms with Crippen molar-refractivity contribution in [3.05, 3.63) is 59.7 Å². The minimum Gasteiger partial charge on any atom is -0.481 e. The number of fused-ring (bicyclic) bond motifs is 3. The predicted octanol–water partition coefficient (Wildman–Crippen LogP) is 4.70. The number of aliphatic carboxylic acids is 1. The number of hydrogen-bond donors (Lipinski definition) is 3. The van der Waals surface area contributed by atoms with E-state index in [1.54, 1.807) is 0 Å². The monoisotopic (exact) mass is 478 g/mol. The van der Waals surface area contributed by atoms with Crippen LogP contribution in [0.5, 0.6) is 0 Å². The molecule has 7 heteroatoms. The molecule has 3 N–H and O–H groups in total. The zero-order valence-electron chi connectivity index (χ0n) is 20.2. The summed E-state index contributed by atoms with van der Waals surface area (Å²) >= 11 is 0. The first kappa shape index (κ1) is 24.8. The van der Waals surface area contributed by atoms with Gasteiger partial charge in [-0.15, -0.1) is 0 Å². The van der Waals surface area contributed by atoms with Gasteiger partial charge in [0.15, 0.2) is 0 Å². The maximum absolute atomic E-state index is 12.9. The Morgan fingerprint density at radius 3 is 2.31 bits per heavy atom. The fourth-order valence-corrected chi connectivity index (χ4v) is 5.58. The molecular weight excluding hydrogens is 444 g/mol. The molecule has 1 fully saturated rings. The Kier molecular flexibility index (Phi) is 8.06. The molecule has 2 unspecified atom stereocenters. The molecule has 4 rings (SSSR count). The van der Waals surface area contributed by atoms with Gasteiger partial charge in [0.25, 0.3) is 0 Å². The lowest BCUT2D eigenvalue weighted by Crippen LogP contribution is -2.43. The first-order chi connectivity index (χ1) is 17.0. The summed E-state index contributed by atoms with van der Waals surface area (Å²) in [5, 5.41) is 14.9. The van der Waals surface area contributed by atoms with Crippen LogP contribution in [0.2, 0.25) is 0 Å². The number of alkyl carbamates (subject to hydrolysis) is 1. The first-order valence-electron chi connectivity index (χ1n) is 12.6. The van der Waals surface area contributed by atoms with Crippen molar-refractivity contribution in [2.45, 2.75) is 57.4 Å². The summed E-state index contributed by atoms with van der Waals surface area (Å²) in [4.78, 5) is 36.5. The Hall–Kier alpha value is -3.35. The summed E-state index contributed by atoms with van der Waals surface area (Å²) < 4.78 is 5.62. The summed E-state index contributed by atoms with van der Waals surface area (Å²) in [7, 11) is 0. The predicted molar refractivity (Wildman–Crippen MR) is 133 cm³/mol. The van der Waals surface area contributed by atoms with Crippen LogP contribution in [-0.2, 0) is 14.3 Å². The Bertz CT molecular complexity index is 1020. The summed E-state index contributed by atoms with van der Waals surface area (Å²) in [6, 6.07) is 16.1. The van der Waals surface area contributed by atoms with E-state index < -0.39 is 12.1 Å². The van der Waals surface area contributed by atoms with Crippen LogP contribution in [0, 0.1) is 11.8 Å². The molecule has 186 valence electrons. The van der Waals surface area contributed by atoms with E-state index >= 15 is 0 Å². The van der Waals surface area contributed by atoms with Crippen molar-refractivity contribution >= 4 is 18.0 Å². The third-order valence-electron chi connectivity index (χ3n) is 7.25. The van der Waals surface area contributed by atoms with Crippen molar-refractivity contribution in [2.75, 3.05) is 13.2 Å². The molecule has 2 aliphatic rings. The molecule has 1 saturated carbocycles. The first-order valence-corrected chi connectivity index (χ1v) is 12.6. The topological polar surface area (TPSA) is 105 Å². The minimum absolute atomic E-state index is 0.00268. The maximum Gasteiger partial charge on any atom is 0.407 e. The molecule has 0 aliphatic heterocycles. The maximum atomic E-state index is 12.9. The normalized spacial score (nSPS) is 19.5. The van der Waals surface area contributed by atoms with Gasteiger partial charge in [0.2, 0.25) is 5.91 Å². The van der Waals surface area contributed by atoms with E-state index in [4.69, 9.17) is 9.84 Å². The van der Waals surface area contributed by atoms with Gasteiger partial charge in [-0.3, -0.25) is 9.59 Å². The summed E-state index contributed by atoms with van der Waals surface area (Å²) in [5.74, 6) is -1.23. The van der Waals surface area contributed by atoms with Crippen molar-refractivity contribution in [3.63, 3.8) is 0 Å². The highest BCUT2D eigenvalue weighted by Gasteiger charge is 2.34. The van der Waals surface area contributed by atoms with Gasteiger partial charge in [-0.25, -0.2) is 4.79 Å². The van der Waals surface area contributed by atoms with Gasteiger partial charge >= 0.3 is 12.1 Å². The molecule has 0 aromatic heterocycles. The molecule has 0 spiro atoms. The van der Waals surface area contributed by atoms with E-state index in [1.165, 1.54) is 11.1 Å². The number of ether oxygens (including phenoxy) is 1. The molecule has 0 saturated heterocycles. The number of carbonyl (C=O) groups is 3. The number of carboxylic acids is 1. The van der Waals surface area contributed by atoms with Crippen LogP contribution in [-0.4, -0.2) is 42.3 Å². The molecule has 0 radical (unpaired) electrons. The second kappa shape index (κ2) is 11.4. The van der Waals surface area contributed by atoms with Gasteiger partial charge in [0, 0.05) is 24.4 Å². The SMILES string of the molecule is CCC[C@@H](CC(=O)O)NC(=O)C1CCCC1CNC(=O)OCC1c2ccccc2-c2ccccc21. The fourth-order valence-electron chi connectivity index (χ4n) is 5.58. The highest BCUT2D eigenvalue weighted by molar-refractivity contribution is 5.81. The van der Waals surface area contributed by atoms with Gasteiger partial charge in [-0.2, -0.15) is 0 Å². The summed E-state index contributed by atoms with van der Waals surface area (Å²) in [6.45, 7) is 2.59. The van der Waals surface area contributed by atoms with Crippen LogP contribution in [0.1, 0.15) is 62.5 Å². The third kappa shape index (κ3) is 5.84. The van der Waals surface area contributed by atoms with Crippen LogP contribution in [0.25, 0.3) is 11.1 Å². The highest BCUT2D eigenvalue weighted by atomic mass is 16.5. The highest BCUT2D eigenvalue weighted by Crippen LogP contribution is 2.44. The number of rotatable bonds is 10. The average molecular weight is 479 g/mol. The van der Waals surface area contributed by atoms with Crippen molar-refractivity contribution in [1.82, 2.24) is 10.6 Å². The number of carboxylic acid groups (broad SMARTS) is 1. The van der Waals surface area contributed by atoms with E-state index in [9.17, 15) is 14.4 Å². The van der Waals surface area contributed by atoms with E-state index in [0.717, 1.165) is 36.8 Å². The standard InChI is InChI=1S/C28H34N2O5/c1-2-8-19(15-26(31)32)30-27(33)20-14-7-9-18(20)16-29-28(34)35-17-25-23-12-5-3-10-21(23)22-11-4-6-13-24(22)25/h3-6,10-13,18-20,25H,2,7-9,14-17H2,1H3,(H,29,34)(H,30,33)(H,31,32)/t18?,19-,20?/m0/s1. The second-order valence-corrected chi connectivity index (χ2v) is 9.60. The van der Waals surface area contributed by atoms with E-state index in [0.29, 0.717) is 13.0 Å². The lowest BCUT2D eigenvalue weighted by molar-refractivity contribution is -0.138. The number of amides is 2. The number of nitrogens with one attached hydrogen (secondary N) is 2. The van der Waals surface area contributed by atoms with Gasteiger partial charge in [-0.05, 0) is 47.4 Å². The Morgan fingerprint density at radius 2 is 1.69 bits per heavy atom. The molecular formula is C28H34N2O5. The van der Waals surface area contributed by atoms with Crippen molar-refractivity contribution < 1.29 is 24.2 Å². The zero-order chi connectivity index (χ0) is 24.8. The molecule has 0 heterocycles. The van der Waals surface area contributed by atoms with Gasteiger partial charge in [0.05, 0.1) is 6.42 Å². The van der Waals surface area contributed by atoms with Gasteiger partial charge < -0.3 is 20.5 Å². The van der Waals surface area contributed by atoms with Crippen molar-refractivity contribution in [3.8, 4) is 11.1 Å². The Labute approximate surface area is 206 Å². The summed E-state index contributed by atoms with van der Waals surface area (Å²) in [6.07, 6.45) is 3.38. The van der Waals surface area contributed by atoms with Gasteiger partial charge in [0.1, 0.15) is 6.61 Å².